The SMILES string of the molecule is COc1ccc(NC(=O)NCC(O)(c2ccco2)C2CC2)c(OC)c1. The molecule has 2 aromatic rings. The summed E-state index contributed by atoms with van der Waals surface area (Å²) in [6.45, 7) is 0.0650. The normalized spacial score (nSPS) is 16.0. The topological polar surface area (TPSA) is 93.0 Å². The monoisotopic (exact) mass is 346 g/mol. The first-order valence-electron chi connectivity index (χ1n) is 8.10. The largest absolute Gasteiger partial charge is 0.497 e. The third kappa shape index (κ3) is 3.71. The molecule has 1 aliphatic rings. The Balaban J connectivity index is 1.65. The van der Waals surface area contributed by atoms with Crippen molar-refractivity contribution in [2.24, 2.45) is 5.92 Å². The lowest BCUT2D eigenvalue weighted by Crippen LogP contribution is -2.43. The zero-order valence-corrected chi connectivity index (χ0v) is 14.2. The van der Waals surface area contributed by atoms with Crippen molar-refractivity contribution >= 4 is 11.7 Å². The molecule has 1 atom stereocenters. The van der Waals surface area contributed by atoms with E-state index in [9.17, 15) is 9.90 Å². The Kier molecular flexibility index (Phi) is 4.85. The number of carbonyl (C=O) groups excluding carboxylic acids is 1. The summed E-state index contributed by atoms with van der Waals surface area (Å²) >= 11 is 0. The van der Waals surface area contributed by atoms with E-state index >= 15 is 0 Å². The van der Waals surface area contributed by atoms with E-state index in [1.165, 1.54) is 13.4 Å². The molecular formula is C18H22N2O5. The van der Waals surface area contributed by atoms with E-state index in [0.717, 1.165) is 12.8 Å². The molecule has 1 heterocycles. The van der Waals surface area contributed by atoms with Gasteiger partial charge in [-0.2, -0.15) is 0 Å². The highest BCUT2D eigenvalue weighted by Crippen LogP contribution is 2.45. The van der Waals surface area contributed by atoms with Crippen LogP contribution in [0.2, 0.25) is 0 Å². The van der Waals surface area contributed by atoms with E-state index in [1.807, 2.05) is 0 Å². The summed E-state index contributed by atoms with van der Waals surface area (Å²) in [6, 6.07) is 8.11. The summed E-state index contributed by atoms with van der Waals surface area (Å²) in [5.74, 6) is 1.67. The van der Waals surface area contributed by atoms with Crippen LogP contribution in [0.4, 0.5) is 10.5 Å². The van der Waals surface area contributed by atoms with Crippen molar-refractivity contribution in [3.05, 3.63) is 42.4 Å². The number of anilines is 1. The van der Waals surface area contributed by atoms with Gasteiger partial charge in [-0.15, -0.1) is 0 Å². The molecule has 0 bridgehead atoms. The highest BCUT2D eigenvalue weighted by Gasteiger charge is 2.47. The van der Waals surface area contributed by atoms with Crippen LogP contribution >= 0.6 is 0 Å². The number of hydrogen-bond acceptors (Lipinski definition) is 5. The molecule has 0 aliphatic heterocycles. The maximum atomic E-state index is 12.2. The van der Waals surface area contributed by atoms with Gasteiger partial charge in [0.25, 0.3) is 0 Å². The number of carbonyl (C=O) groups is 1. The minimum absolute atomic E-state index is 0.0650. The van der Waals surface area contributed by atoms with Crippen LogP contribution in [0.5, 0.6) is 11.5 Å². The average molecular weight is 346 g/mol. The van der Waals surface area contributed by atoms with E-state index in [-0.39, 0.29) is 12.5 Å². The first kappa shape index (κ1) is 17.2. The number of ether oxygens (including phenoxy) is 2. The number of benzene rings is 1. The van der Waals surface area contributed by atoms with E-state index in [2.05, 4.69) is 10.6 Å². The highest BCUT2D eigenvalue weighted by molar-refractivity contribution is 5.91. The predicted octanol–water partition coefficient (Wildman–Crippen LogP) is 2.72. The number of urea groups is 1. The van der Waals surface area contributed by atoms with Gasteiger partial charge >= 0.3 is 6.03 Å². The summed E-state index contributed by atoms with van der Waals surface area (Å²) in [5.41, 5.74) is -0.682. The molecule has 1 fully saturated rings. The fourth-order valence-corrected chi connectivity index (χ4v) is 2.80. The van der Waals surface area contributed by atoms with Crippen LogP contribution in [0.15, 0.2) is 41.0 Å². The second-order valence-corrected chi connectivity index (χ2v) is 6.05. The van der Waals surface area contributed by atoms with E-state index < -0.39 is 11.6 Å². The summed E-state index contributed by atoms with van der Waals surface area (Å²) in [4.78, 5) is 12.2. The van der Waals surface area contributed by atoms with Crippen LogP contribution in [0.1, 0.15) is 18.6 Å². The summed E-state index contributed by atoms with van der Waals surface area (Å²) < 4.78 is 15.7. The van der Waals surface area contributed by atoms with Gasteiger partial charge in [0.2, 0.25) is 0 Å². The van der Waals surface area contributed by atoms with Gasteiger partial charge < -0.3 is 29.6 Å². The zero-order chi connectivity index (χ0) is 17.9. The van der Waals surface area contributed by atoms with Crippen molar-refractivity contribution in [2.45, 2.75) is 18.4 Å². The van der Waals surface area contributed by atoms with Gasteiger partial charge in [-0.1, -0.05) is 0 Å². The molecule has 1 saturated carbocycles. The molecule has 7 heteroatoms. The van der Waals surface area contributed by atoms with Crippen LogP contribution < -0.4 is 20.1 Å². The maximum Gasteiger partial charge on any atom is 0.319 e. The van der Waals surface area contributed by atoms with Crippen molar-refractivity contribution in [2.75, 3.05) is 26.1 Å². The molecule has 3 N–H and O–H groups in total. The minimum atomic E-state index is -1.19. The molecule has 0 spiro atoms. The lowest BCUT2D eigenvalue weighted by atomic mass is 9.94. The Hall–Kier alpha value is -2.67. The summed E-state index contributed by atoms with van der Waals surface area (Å²) in [7, 11) is 3.07. The maximum absolute atomic E-state index is 12.2. The van der Waals surface area contributed by atoms with Crippen molar-refractivity contribution in [1.29, 1.82) is 0 Å². The van der Waals surface area contributed by atoms with Crippen LogP contribution in [0.3, 0.4) is 0 Å². The lowest BCUT2D eigenvalue weighted by Gasteiger charge is -2.26. The molecular weight excluding hydrogens is 324 g/mol. The number of hydrogen-bond donors (Lipinski definition) is 3. The molecule has 2 amide bonds. The standard InChI is InChI=1S/C18H22N2O5/c1-23-13-7-8-14(15(10-13)24-2)20-17(21)19-11-18(22,12-5-6-12)16-4-3-9-25-16/h3-4,7-10,12,22H,5-6,11H2,1-2H3,(H2,19,20,21). The number of furan rings is 1. The van der Waals surface area contributed by atoms with E-state index in [0.29, 0.717) is 22.9 Å². The van der Waals surface area contributed by atoms with Crippen molar-refractivity contribution in [3.63, 3.8) is 0 Å². The Morgan fingerprint density at radius 2 is 2.12 bits per heavy atom. The van der Waals surface area contributed by atoms with E-state index in [4.69, 9.17) is 13.9 Å². The number of aliphatic hydroxyl groups is 1. The molecule has 1 aromatic carbocycles. The molecule has 25 heavy (non-hydrogen) atoms. The molecule has 1 aliphatic carbocycles. The van der Waals surface area contributed by atoms with Crippen molar-refractivity contribution < 1.29 is 23.8 Å². The van der Waals surface area contributed by atoms with Gasteiger partial charge in [0, 0.05) is 6.07 Å². The van der Waals surface area contributed by atoms with Gasteiger partial charge in [-0.05, 0) is 43.0 Å². The fraction of sp³-hybridized carbons (Fsp3) is 0.389. The van der Waals surface area contributed by atoms with Gasteiger partial charge in [0.15, 0.2) is 0 Å². The quantitative estimate of drug-likeness (QED) is 0.717. The van der Waals surface area contributed by atoms with E-state index in [1.54, 1.807) is 37.4 Å². The third-order valence-electron chi connectivity index (χ3n) is 4.38. The number of methoxy groups -OCH3 is 2. The zero-order valence-electron chi connectivity index (χ0n) is 14.2. The smallest absolute Gasteiger partial charge is 0.319 e. The minimum Gasteiger partial charge on any atom is -0.497 e. The lowest BCUT2D eigenvalue weighted by molar-refractivity contribution is -0.00414. The van der Waals surface area contributed by atoms with Crippen molar-refractivity contribution in [3.8, 4) is 11.5 Å². The molecule has 1 unspecified atom stereocenters. The van der Waals surface area contributed by atoms with Crippen LogP contribution in [-0.2, 0) is 5.60 Å². The Labute approximate surface area is 145 Å². The molecule has 0 saturated heterocycles. The van der Waals surface area contributed by atoms with Gasteiger partial charge in [0.1, 0.15) is 22.9 Å². The molecule has 7 nitrogen and oxygen atoms in total. The summed E-state index contributed by atoms with van der Waals surface area (Å²) in [5, 5.41) is 16.3. The molecule has 3 rings (SSSR count). The van der Waals surface area contributed by atoms with Gasteiger partial charge in [0.05, 0.1) is 32.7 Å². The summed E-state index contributed by atoms with van der Waals surface area (Å²) in [6.07, 6.45) is 3.34. The van der Waals surface area contributed by atoms with Gasteiger partial charge in [-0.25, -0.2) is 4.79 Å². The Morgan fingerprint density at radius 1 is 1.32 bits per heavy atom. The second kappa shape index (κ2) is 7.06. The van der Waals surface area contributed by atoms with Crippen LogP contribution in [0, 0.1) is 5.92 Å². The number of rotatable bonds is 7. The first-order chi connectivity index (χ1) is 12.1. The van der Waals surface area contributed by atoms with Gasteiger partial charge in [-0.3, -0.25) is 0 Å². The number of amides is 2. The number of nitrogens with one attached hydrogen (secondary N) is 2. The molecule has 1 aromatic heterocycles. The first-order valence-corrected chi connectivity index (χ1v) is 8.10. The Morgan fingerprint density at radius 3 is 2.72 bits per heavy atom. The third-order valence-corrected chi connectivity index (χ3v) is 4.38. The van der Waals surface area contributed by atoms with Crippen LogP contribution in [-0.4, -0.2) is 31.9 Å². The second-order valence-electron chi connectivity index (χ2n) is 6.05. The van der Waals surface area contributed by atoms with Crippen molar-refractivity contribution in [1.82, 2.24) is 5.32 Å². The Bertz CT molecular complexity index is 727. The average Bonchev–Trinajstić information content (AvgIpc) is 3.34. The van der Waals surface area contributed by atoms with Crippen LogP contribution in [0.25, 0.3) is 0 Å². The molecule has 0 radical (unpaired) electrons. The highest BCUT2D eigenvalue weighted by atomic mass is 16.5. The molecule has 134 valence electrons. The fourth-order valence-electron chi connectivity index (χ4n) is 2.80. The predicted molar refractivity (Wildman–Crippen MR) is 91.9 cm³/mol.